The number of piperidine rings is 1. The number of nitrogens with zero attached hydrogens (tertiary/aromatic N) is 2. The summed E-state index contributed by atoms with van der Waals surface area (Å²) in [6.45, 7) is 3.04. The molecule has 17 heavy (non-hydrogen) atoms. The Morgan fingerprint density at radius 1 is 1.59 bits per heavy atom. The van der Waals surface area contributed by atoms with Gasteiger partial charge in [0, 0.05) is 12.3 Å². The van der Waals surface area contributed by atoms with Gasteiger partial charge >= 0.3 is 0 Å². The Hall–Kier alpha value is -0.810. The zero-order valence-electron chi connectivity index (χ0n) is 10.2. The van der Waals surface area contributed by atoms with Crippen LogP contribution in [0.1, 0.15) is 19.3 Å². The molecule has 0 aromatic carbocycles. The third-order valence-corrected chi connectivity index (χ3v) is 3.53. The normalized spacial score (nSPS) is 20.2. The highest BCUT2D eigenvalue weighted by molar-refractivity contribution is 7.98. The third-order valence-electron chi connectivity index (χ3n) is 2.97. The molecular formula is C12H19N3OS. The second-order valence-electron chi connectivity index (χ2n) is 4.23. The summed E-state index contributed by atoms with van der Waals surface area (Å²) in [7, 11) is 0. The van der Waals surface area contributed by atoms with Crippen molar-refractivity contribution >= 4 is 11.8 Å². The number of ether oxygens (including phenoxy) is 1. The fourth-order valence-electron chi connectivity index (χ4n) is 2.00. The van der Waals surface area contributed by atoms with Gasteiger partial charge in [0.15, 0.2) is 5.16 Å². The molecule has 0 saturated carbocycles. The van der Waals surface area contributed by atoms with Crippen molar-refractivity contribution < 1.29 is 4.74 Å². The molecule has 2 heterocycles. The molecule has 0 bridgehead atoms. The van der Waals surface area contributed by atoms with E-state index in [0.29, 0.717) is 5.88 Å². The molecule has 1 saturated heterocycles. The maximum atomic E-state index is 5.66. The first-order valence-corrected chi connectivity index (χ1v) is 7.31. The van der Waals surface area contributed by atoms with E-state index in [4.69, 9.17) is 4.74 Å². The molecule has 0 radical (unpaired) electrons. The van der Waals surface area contributed by atoms with E-state index in [-0.39, 0.29) is 0 Å². The fourth-order valence-corrected chi connectivity index (χ4v) is 2.35. The molecule has 2 rings (SSSR count). The quantitative estimate of drug-likeness (QED) is 0.642. The van der Waals surface area contributed by atoms with Gasteiger partial charge in [-0.3, -0.25) is 0 Å². The van der Waals surface area contributed by atoms with Gasteiger partial charge in [-0.25, -0.2) is 4.98 Å². The Morgan fingerprint density at radius 3 is 3.29 bits per heavy atom. The van der Waals surface area contributed by atoms with E-state index < -0.39 is 0 Å². The van der Waals surface area contributed by atoms with Crippen LogP contribution < -0.4 is 10.1 Å². The highest BCUT2D eigenvalue weighted by atomic mass is 32.2. The van der Waals surface area contributed by atoms with E-state index in [0.717, 1.165) is 30.6 Å². The average molecular weight is 253 g/mol. The monoisotopic (exact) mass is 253 g/mol. The van der Waals surface area contributed by atoms with Crippen molar-refractivity contribution in [2.24, 2.45) is 5.92 Å². The van der Waals surface area contributed by atoms with Crippen molar-refractivity contribution in [1.29, 1.82) is 0 Å². The lowest BCUT2D eigenvalue weighted by Crippen LogP contribution is -2.30. The molecule has 0 spiro atoms. The first-order chi connectivity index (χ1) is 8.38. The summed E-state index contributed by atoms with van der Waals surface area (Å²) in [6, 6.07) is 1.82. The standard InChI is InChI=1S/C12H19N3OS/c1-17-12-14-7-4-11(15-12)16-8-5-10-3-2-6-13-9-10/h4,7,10,13H,2-3,5-6,8-9H2,1H3/t10-/m1/s1. The molecule has 1 aromatic rings. The third kappa shape index (κ3) is 4.16. The molecule has 94 valence electrons. The second kappa shape index (κ2) is 6.81. The molecule has 5 heteroatoms. The van der Waals surface area contributed by atoms with E-state index in [1.807, 2.05) is 12.3 Å². The Labute approximate surface area is 107 Å². The Bertz CT molecular complexity index is 342. The molecular weight excluding hydrogens is 234 g/mol. The first-order valence-electron chi connectivity index (χ1n) is 6.09. The van der Waals surface area contributed by atoms with Gasteiger partial charge in [-0.2, -0.15) is 4.98 Å². The molecule has 1 atom stereocenters. The molecule has 0 unspecified atom stereocenters. The summed E-state index contributed by atoms with van der Waals surface area (Å²) in [5.74, 6) is 1.44. The van der Waals surface area contributed by atoms with Crippen molar-refractivity contribution in [2.45, 2.75) is 24.4 Å². The second-order valence-corrected chi connectivity index (χ2v) is 5.00. The molecule has 4 nitrogen and oxygen atoms in total. The fraction of sp³-hybridized carbons (Fsp3) is 0.667. The van der Waals surface area contributed by atoms with E-state index in [1.165, 1.54) is 31.1 Å². The molecule has 0 amide bonds. The van der Waals surface area contributed by atoms with Crippen LogP contribution in [0.4, 0.5) is 0 Å². The lowest BCUT2D eigenvalue weighted by Gasteiger charge is -2.22. The van der Waals surface area contributed by atoms with Crippen LogP contribution in [-0.2, 0) is 0 Å². The maximum absolute atomic E-state index is 5.66. The van der Waals surface area contributed by atoms with Gasteiger partial charge in [0.25, 0.3) is 0 Å². The maximum Gasteiger partial charge on any atom is 0.217 e. The zero-order chi connectivity index (χ0) is 11.9. The minimum absolute atomic E-state index is 0.688. The van der Waals surface area contributed by atoms with Crippen molar-refractivity contribution in [1.82, 2.24) is 15.3 Å². The van der Waals surface area contributed by atoms with Gasteiger partial charge in [-0.1, -0.05) is 11.8 Å². The van der Waals surface area contributed by atoms with Crippen LogP contribution in [-0.4, -0.2) is 35.9 Å². The van der Waals surface area contributed by atoms with Gasteiger partial charge in [0.05, 0.1) is 6.61 Å². The summed E-state index contributed by atoms with van der Waals surface area (Å²) in [5, 5.41) is 4.18. The van der Waals surface area contributed by atoms with E-state index >= 15 is 0 Å². The number of hydrogen-bond acceptors (Lipinski definition) is 5. The average Bonchev–Trinajstić information content (AvgIpc) is 2.40. The van der Waals surface area contributed by atoms with Gasteiger partial charge < -0.3 is 10.1 Å². The summed E-state index contributed by atoms with van der Waals surface area (Å²) in [5.41, 5.74) is 0. The van der Waals surface area contributed by atoms with E-state index in [2.05, 4.69) is 15.3 Å². The molecule has 1 fully saturated rings. The number of thioether (sulfide) groups is 1. The van der Waals surface area contributed by atoms with E-state index in [1.54, 1.807) is 6.20 Å². The van der Waals surface area contributed by atoms with Crippen LogP contribution in [0.5, 0.6) is 5.88 Å². The molecule has 1 aromatic heterocycles. The zero-order valence-corrected chi connectivity index (χ0v) is 11.0. The number of aromatic nitrogens is 2. The lowest BCUT2D eigenvalue weighted by atomic mass is 9.97. The molecule has 1 aliphatic rings. The van der Waals surface area contributed by atoms with Crippen molar-refractivity contribution in [3.63, 3.8) is 0 Å². The van der Waals surface area contributed by atoms with E-state index in [9.17, 15) is 0 Å². The first kappa shape index (κ1) is 12.6. The SMILES string of the molecule is CSc1nccc(OCC[C@H]2CCCNC2)n1. The Kier molecular flexibility index (Phi) is 5.07. The summed E-state index contributed by atoms with van der Waals surface area (Å²) in [6.07, 6.45) is 7.42. The molecule has 0 aliphatic carbocycles. The van der Waals surface area contributed by atoms with Crippen LogP contribution in [0.25, 0.3) is 0 Å². The highest BCUT2D eigenvalue weighted by Gasteiger charge is 2.12. The predicted octanol–water partition coefficient (Wildman–Crippen LogP) is 1.97. The van der Waals surface area contributed by atoms with Gasteiger partial charge in [-0.15, -0.1) is 0 Å². The van der Waals surface area contributed by atoms with Crippen LogP contribution in [0.2, 0.25) is 0 Å². The van der Waals surface area contributed by atoms with Gasteiger partial charge in [-0.05, 0) is 44.5 Å². The Morgan fingerprint density at radius 2 is 2.53 bits per heavy atom. The van der Waals surface area contributed by atoms with Gasteiger partial charge in [0.2, 0.25) is 5.88 Å². The summed E-state index contributed by atoms with van der Waals surface area (Å²) >= 11 is 1.53. The highest BCUT2D eigenvalue weighted by Crippen LogP contribution is 2.16. The van der Waals surface area contributed by atoms with Crippen LogP contribution in [0.15, 0.2) is 17.4 Å². The number of hydrogen-bond donors (Lipinski definition) is 1. The minimum Gasteiger partial charge on any atom is -0.478 e. The lowest BCUT2D eigenvalue weighted by molar-refractivity contribution is 0.245. The van der Waals surface area contributed by atoms with Crippen LogP contribution in [0, 0.1) is 5.92 Å². The summed E-state index contributed by atoms with van der Waals surface area (Å²) < 4.78 is 5.66. The predicted molar refractivity (Wildman–Crippen MR) is 69.5 cm³/mol. The molecule has 1 N–H and O–H groups in total. The minimum atomic E-state index is 0.688. The summed E-state index contributed by atoms with van der Waals surface area (Å²) in [4.78, 5) is 8.41. The van der Waals surface area contributed by atoms with Crippen molar-refractivity contribution in [3.05, 3.63) is 12.3 Å². The number of rotatable bonds is 5. The van der Waals surface area contributed by atoms with Gasteiger partial charge in [0.1, 0.15) is 0 Å². The van der Waals surface area contributed by atoms with Crippen LogP contribution >= 0.6 is 11.8 Å². The van der Waals surface area contributed by atoms with Crippen LogP contribution in [0.3, 0.4) is 0 Å². The van der Waals surface area contributed by atoms with Crippen molar-refractivity contribution in [2.75, 3.05) is 26.0 Å². The number of nitrogens with one attached hydrogen (secondary N) is 1. The van der Waals surface area contributed by atoms with Crippen molar-refractivity contribution in [3.8, 4) is 5.88 Å². The Balaban J connectivity index is 1.73. The topological polar surface area (TPSA) is 47.0 Å². The molecule has 1 aliphatic heterocycles. The smallest absolute Gasteiger partial charge is 0.217 e. The largest absolute Gasteiger partial charge is 0.478 e.